The molecule has 0 aliphatic carbocycles. The number of hydrogen-bond donors (Lipinski definition) is 2. The predicted octanol–water partition coefficient (Wildman–Crippen LogP) is 4.42. The minimum atomic E-state index is -4.48. The zero-order valence-corrected chi connectivity index (χ0v) is 14.3. The van der Waals surface area contributed by atoms with E-state index >= 15 is 0 Å². The number of hydrogen-bond acceptors (Lipinski definition) is 3. The summed E-state index contributed by atoms with van der Waals surface area (Å²) in [5, 5.41) is 6.56. The van der Waals surface area contributed by atoms with Gasteiger partial charge >= 0.3 is 6.18 Å². The van der Waals surface area contributed by atoms with Crippen molar-refractivity contribution in [1.29, 1.82) is 0 Å². The van der Waals surface area contributed by atoms with Crippen LogP contribution >= 0.6 is 12.2 Å². The van der Waals surface area contributed by atoms with Gasteiger partial charge in [0, 0.05) is 5.56 Å². The van der Waals surface area contributed by atoms with Gasteiger partial charge in [-0.25, -0.2) is 0 Å². The van der Waals surface area contributed by atoms with Crippen LogP contribution in [0.1, 0.15) is 18.1 Å². The highest BCUT2D eigenvalue weighted by Gasteiger charge is 2.33. The van der Waals surface area contributed by atoms with Gasteiger partial charge in [0.25, 0.3) is 0 Å². The molecule has 0 saturated heterocycles. The van der Waals surface area contributed by atoms with Crippen LogP contribution in [-0.4, -0.2) is 17.9 Å². The van der Waals surface area contributed by atoms with E-state index in [1.807, 2.05) is 18.2 Å². The zero-order chi connectivity index (χ0) is 18.4. The van der Waals surface area contributed by atoms with Gasteiger partial charge in [0.2, 0.25) is 0 Å². The van der Waals surface area contributed by atoms with Crippen molar-refractivity contribution in [2.75, 3.05) is 12.4 Å². The fraction of sp³-hybridized carbons (Fsp3) is 0.176. The molecule has 0 amide bonds. The van der Waals surface area contributed by atoms with Gasteiger partial charge in [-0.2, -0.15) is 18.3 Å². The molecule has 2 aromatic rings. The van der Waals surface area contributed by atoms with Crippen LogP contribution in [-0.2, 0) is 6.18 Å². The van der Waals surface area contributed by atoms with E-state index in [1.165, 1.54) is 18.2 Å². The Bertz CT molecular complexity index is 791. The molecule has 0 aromatic heterocycles. The van der Waals surface area contributed by atoms with Crippen molar-refractivity contribution in [3.8, 4) is 5.75 Å². The number of nitrogens with one attached hydrogen (secondary N) is 2. The smallest absolute Gasteiger partial charge is 0.418 e. The van der Waals surface area contributed by atoms with Crippen molar-refractivity contribution < 1.29 is 17.9 Å². The van der Waals surface area contributed by atoms with E-state index in [4.69, 9.17) is 17.0 Å². The van der Waals surface area contributed by atoms with Gasteiger partial charge in [-0.05, 0) is 43.4 Å². The molecule has 0 spiro atoms. The molecule has 4 nitrogen and oxygen atoms in total. The molecule has 2 rings (SSSR count). The summed E-state index contributed by atoms with van der Waals surface area (Å²) in [5.41, 5.74) is 2.92. The van der Waals surface area contributed by atoms with Gasteiger partial charge in [0.05, 0.1) is 24.1 Å². The highest BCUT2D eigenvalue weighted by atomic mass is 32.1. The van der Waals surface area contributed by atoms with Crippen molar-refractivity contribution in [1.82, 2.24) is 5.43 Å². The second-order valence-electron chi connectivity index (χ2n) is 5.01. The van der Waals surface area contributed by atoms with Crippen LogP contribution in [0.5, 0.6) is 5.75 Å². The molecular weight excluding hydrogens is 351 g/mol. The van der Waals surface area contributed by atoms with Crippen LogP contribution in [0.25, 0.3) is 0 Å². The molecule has 0 bridgehead atoms. The Morgan fingerprint density at radius 2 is 1.72 bits per heavy atom. The van der Waals surface area contributed by atoms with Gasteiger partial charge < -0.3 is 10.1 Å². The lowest BCUT2D eigenvalue weighted by Crippen LogP contribution is -2.26. The van der Waals surface area contributed by atoms with E-state index in [0.717, 1.165) is 11.6 Å². The van der Waals surface area contributed by atoms with Crippen LogP contribution in [0.2, 0.25) is 0 Å². The fourth-order valence-electron chi connectivity index (χ4n) is 2.13. The maximum Gasteiger partial charge on any atom is 0.418 e. The molecule has 2 N–H and O–H groups in total. The van der Waals surface area contributed by atoms with Crippen LogP contribution in [0, 0.1) is 0 Å². The monoisotopic (exact) mass is 367 g/mol. The number of ether oxygens (including phenoxy) is 1. The minimum absolute atomic E-state index is 0.0500. The lowest BCUT2D eigenvalue weighted by atomic mass is 10.1. The van der Waals surface area contributed by atoms with Crippen LogP contribution in [0.4, 0.5) is 18.9 Å². The third kappa shape index (κ3) is 4.93. The Morgan fingerprint density at radius 3 is 2.40 bits per heavy atom. The van der Waals surface area contributed by atoms with Gasteiger partial charge in [-0.3, -0.25) is 5.43 Å². The molecule has 0 aliphatic heterocycles. The lowest BCUT2D eigenvalue weighted by Gasteiger charge is -2.14. The van der Waals surface area contributed by atoms with Crippen LogP contribution < -0.4 is 15.5 Å². The van der Waals surface area contributed by atoms with E-state index in [2.05, 4.69) is 15.8 Å². The van der Waals surface area contributed by atoms with E-state index in [0.29, 0.717) is 11.5 Å². The number of benzene rings is 2. The average molecular weight is 367 g/mol. The molecular formula is C17H16F3N3OS. The van der Waals surface area contributed by atoms with Gasteiger partial charge in [0.15, 0.2) is 5.11 Å². The summed E-state index contributed by atoms with van der Waals surface area (Å²) in [6, 6.07) is 12.3. The first-order valence-electron chi connectivity index (χ1n) is 7.24. The van der Waals surface area contributed by atoms with Crippen molar-refractivity contribution >= 4 is 28.7 Å². The minimum Gasteiger partial charge on any atom is -0.496 e. The highest BCUT2D eigenvalue weighted by Crippen LogP contribution is 2.34. The molecule has 0 atom stereocenters. The molecule has 0 saturated carbocycles. The maximum atomic E-state index is 13.0. The second-order valence-corrected chi connectivity index (χ2v) is 5.42. The summed E-state index contributed by atoms with van der Waals surface area (Å²) in [6.07, 6.45) is -4.48. The SMILES string of the molecule is COc1ccccc1/C(C)=N\NC(=S)Nc1ccccc1C(F)(F)F. The highest BCUT2D eigenvalue weighted by molar-refractivity contribution is 7.80. The third-order valence-electron chi connectivity index (χ3n) is 3.30. The van der Waals surface area contributed by atoms with Gasteiger partial charge in [-0.15, -0.1) is 0 Å². The number of hydrazone groups is 1. The van der Waals surface area contributed by atoms with Crippen molar-refractivity contribution in [2.24, 2.45) is 5.10 Å². The summed E-state index contributed by atoms with van der Waals surface area (Å²) in [4.78, 5) is 0. The van der Waals surface area contributed by atoms with Gasteiger partial charge in [0.1, 0.15) is 5.75 Å². The van der Waals surface area contributed by atoms with E-state index < -0.39 is 11.7 Å². The number of thiocarbonyl (C=S) groups is 1. The predicted molar refractivity (Wildman–Crippen MR) is 96.0 cm³/mol. The average Bonchev–Trinajstić information content (AvgIpc) is 2.59. The van der Waals surface area contributed by atoms with Gasteiger partial charge in [-0.1, -0.05) is 24.3 Å². The normalized spacial score (nSPS) is 11.8. The Morgan fingerprint density at radius 1 is 1.08 bits per heavy atom. The van der Waals surface area contributed by atoms with Crippen LogP contribution in [0.15, 0.2) is 53.6 Å². The molecule has 2 aromatic carbocycles. The maximum absolute atomic E-state index is 13.0. The van der Waals surface area contributed by atoms with Crippen molar-refractivity contribution in [3.05, 3.63) is 59.7 Å². The van der Waals surface area contributed by atoms with Crippen molar-refractivity contribution in [3.63, 3.8) is 0 Å². The topological polar surface area (TPSA) is 45.6 Å². The third-order valence-corrected chi connectivity index (χ3v) is 3.50. The number of nitrogens with zero attached hydrogens (tertiary/aromatic N) is 1. The Labute approximate surface area is 148 Å². The van der Waals surface area contributed by atoms with Crippen LogP contribution in [0.3, 0.4) is 0 Å². The molecule has 0 fully saturated rings. The molecule has 8 heteroatoms. The standard InChI is InChI=1S/C17H16F3N3OS/c1-11(12-7-3-6-10-15(12)24-2)22-23-16(25)21-14-9-5-4-8-13(14)17(18,19)20/h3-10H,1-2H3,(H2,21,23,25)/b22-11-. The number of anilines is 1. The summed E-state index contributed by atoms with van der Waals surface area (Å²) in [7, 11) is 1.54. The summed E-state index contributed by atoms with van der Waals surface area (Å²) < 4.78 is 44.2. The Balaban J connectivity index is 2.11. The summed E-state index contributed by atoms with van der Waals surface area (Å²) >= 11 is 5.02. The number of rotatable bonds is 4. The lowest BCUT2D eigenvalue weighted by molar-refractivity contribution is -0.136. The largest absolute Gasteiger partial charge is 0.496 e. The molecule has 0 aliphatic rings. The molecule has 0 radical (unpaired) electrons. The van der Waals surface area contributed by atoms with Crippen molar-refractivity contribution in [2.45, 2.75) is 13.1 Å². The first kappa shape index (κ1) is 18.7. The summed E-state index contributed by atoms with van der Waals surface area (Å²) in [5.74, 6) is 0.631. The van der Waals surface area contributed by atoms with E-state index in [-0.39, 0.29) is 10.8 Å². The Hall–Kier alpha value is -2.61. The summed E-state index contributed by atoms with van der Waals surface area (Å²) in [6.45, 7) is 1.73. The zero-order valence-electron chi connectivity index (χ0n) is 13.5. The quantitative estimate of drug-likeness (QED) is 0.477. The van der Waals surface area contributed by atoms with E-state index in [9.17, 15) is 13.2 Å². The number of methoxy groups -OCH3 is 1. The molecule has 132 valence electrons. The number of alkyl halides is 3. The van der Waals surface area contributed by atoms with E-state index in [1.54, 1.807) is 20.1 Å². The fourth-order valence-corrected chi connectivity index (χ4v) is 2.28. The molecule has 0 heterocycles. The first-order chi connectivity index (χ1) is 11.8. The number of para-hydroxylation sites is 2. The Kier molecular flexibility index (Phi) is 5.97. The second kappa shape index (κ2) is 7.98. The first-order valence-corrected chi connectivity index (χ1v) is 7.64. The molecule has 25 heavy (non-hydrogen) atoms. The molecule has 0 unspecified atom stereocenters. The number of halogens is 3.